The molecule has 2 aromatic heterocycles. The number of anilines is 1. The van der Waals surface area contributed by atoms with Crippen molar-refractivity contribution in [3.63, 3.8) is 0 Å². The highest BCUT2D eigenvalue weighted by Crippen LogP contribution is 2.24. The number of carbonyl (C=O) groups is 2. The molecular weight excluding hydrogens is 415 g/mol. The zero-order valence-electron chi connectivity index (χ0n) is 16.1. The maximum absolute atomic E-state index is 13.6. The summed E-state index contributed by atoms with van der Waals surface area (Å²) >= 11 is 0.947. The van der Waals surface area contributed by atoms with Gasteiger partial charge in [0.1, 0.15) is 23.6 Å². The first-order valence-corrected chi connectivity index (χ1v) is 9.65. The molecule has 8 nitrogen and oxygen atoms in total. The minimum atomic E-state index is -0.725. The lowest BCUT2D eigenvalue weighted by molar-refractivity contribution is 0.0531. The van der Waals surface area contributed by atoms with E-state index in [2.05, 4.69) is 10.3 Å². The molecule has 10 heteroatoms. The molecule has 0 atom stereocenters. The first-order chi connectivity index (χ1) is 14.4. The van der Waals surface area contributed by atoms with Crippen LogP contribution in [0.4, 0.5) is 9.52 Å². The Balaban J connectivity index is 1.68. The van der Waals surface area contributed by atoms with E-state index in [-0.39, 0.29) is 40.3 Å². The second-order valence-corrected chi connectivity index (χ2v) is 6.96. The highest BCUT2D eigenvalue weighted by atomic mass is 32.1. The first kappa shape index (κ1) is 21.2. The van der Waals surface area contributed by atoms with Gasteiger partial charge in [-0.25, -0.2) is 14.2 Å². The summed E-state index contributed by atoms with van der Waals surface area (Å²) in [6, 6.07) is 6.95. The van der Waals surface area contributed by atoms with Crippen molar-refractivity contribution in [1.82, 2.24) is 4.98 Å². The van der Waals surface area contributed by atoms with Gasteiger partial charge in [-0.3, -0.25) is 14.9 Å². The summed E-state index contributed by atoms with van der Waals surface area (Å²) in [4.78, 5) is 40.7. The number of hydrogen-bond acceptors (Lipinski definition) is 8. The summed E-state index contributed by atoms with van der Waals surface area (Å²) in [5, 5.41) is 2.62. The van der Waals surface area contributed by atoms with E-state index in [1.165, 1.54) is 12.1 Å². The van der Waals surface area contributed by atoms with E-state index in [0.717, 1.165) is 23.7 Å². The predicted octanol–water partition coefficient (Wildman–Crippen LogP) is 3.55. The molecule has 156 valence electrons. The van der Waals surface area contributed by atoms with Crippen molar-refractivity contribution in [3.05, 3.63) is 74.5 Å². The van der Waals surface area contributed by atoms with Gasteiger partial charge in [0, 0.05) is 11.6 Å². The first-order valence-electron chi connectivity index (χ1n) is 8.84. The molecule has 0 aliphatic rings. The van der Waals surface area contributed by atoms with Crippen LogP contribution in [-0.4, -0.2) is 23.5 Å². The Labute approximate surface area is 174 Å². The molecule has 1 amide bonds. The molecule has 0 radical (unpaired) electrons. The summed E-state index contributed by atoms with van der Waals surface area (Å²) in [7, 11) is 0. The Morgan fingerprint density at radius 3 is 2.77 bits per heavy atom. The number of halogens is 1. The molecule has 0 saturated heterocycles. The Bertz CT molecular complexity index is 1140. The van der Waals surface area contributed by atoms with Gasteiger partial charge in [0.05, 0.1) is 12.3 Å². The number of benzene rings is 1. The monoisotopic (exact) mass is 432 g/mol. The maximum Gasteiger partial charge on any atom is 0.350 e. The highest BCUT2D eigenvalue weighted by Gasteiger charge is 2.19. The third-order valence-electron chi connectivity index (χ3n) is 3.84. The standard InChI is InChI=1S/C20H17FN2O6S/c1-3-27-19(26)17-11(2)22-20(30-17)23-18(25)15-8-14(24)16(10-29-15)28-9-12-6-4-5-7-13(12)21/h4-8,10H,3,9H2,1-2H3,(H,22,23,25). The van der Waals surface area contributed by atoms with Crippen LogP contribution in [0.5, 0.6) is 5.75 Å². The molecule has 0 saturated carbocycles. The second-order valence-electron chi connectivity index (χ2n) is 5.96. The fraction of sp³-hybridized carbons (Fsp3) is 0.200. The third-order valence-corrected chi connectivity index (χ3v) is 4.89. The van der Waals surface area contributed by atoms with Crippen LogP contribution >= 0.6 is 11.3 Å². The van der Waals surface area contributed by atoms with Crippen LogP contribution in [0.1, 0.15) is 38.4 Å². The fourth-order valence-corrected chi connectivity index (χ4v) is 3.24. The van der Waals surface area contributed by atoms with Gasteiger partial charge >= 0.3 is 5.97 Å². The van der Waals surface area contributed by atoms with Crippen LogP contribution in [0.3, 0.4) is 0 Å². The van der Waals surface area contributed by atoms with Gasteiger partial charge in [-0.15, -0.1) is 0 Å². The molecule has 3 aromatic rings. The van der Waals surface area contributed by atoms with Crippen molar-refractivity contribution < 1.29 is 27.9 Å². The molecule has 0 aliphatic heterocycles. The van der Waals surface area contributed by atoms with Gasteiger partial charge in [-0.2, -0.15) is 0 Å². The Kier molecular flexibility index (Phi) is 6.58. The zero-order chi connectivity index (χ0) is 21.7. The number of hydrogen-bond donors (Lipinski definition) is 1. The average molecular weight is 432 g/mol. The number of amides is 1. The minimum Gasteiger partial charge on any atom is -0.482 e. The van der Waals surface area contributed by atoms with Crippen molar-refractivity contribution in [3.8, 4) is 5.75 Å². The molecule has 0 spiro atoms. The highest BCUT2D eigenvalue weighted by molar-refractivity contribution is 7.17. The SMILES string of the molecule is CCOC(=O)c1sc(NC(=O)c2cc(=O)c(OCc3ccccc3F)co2)nc1C. The van der Waals surface area contributed by atoms with Crippen molar-refractivity contribution in [2.45, 2.75) is 20.5 Å². The molecule has 2 heterocycles. The molecule has 1 aromatic carbocycles. The van der Waals surface area contributed by atoms with Crippen LogP contribution in [0.2, 0.25) is 0 Å². The quantitative estimate of drug-likeness (QED) is 0.569. The predicted molar refractivity (Wildman–Crippen MR) is 106 cm³/mol. The van der Waals surface area contributed by atoms with E-state index in [4.69, 9.17) is 13.9 Å². The summed E-state index contributed by atoms with van der Waals surface area (Å²) in [6.07, 6.45) is 0.981. The fourth-order valence-electron chi connectivity index (χ4n) is 2.39. The smallest absolute Gasteiger partial charge is 0.350 e. The van der Waals surface area contributed by atoms with Crippen molar-refractivity contribution >= 4 is 28.3 Å². The van der Waals surface area contributed by atoms with E-state index in [9.17, 15) is 18.8 Å². The number of nitrogens with one attached hydrogen (secondary N) is 1. The van der Waals surface area contributed by atoms with Crippen LogP contribution in [0, 0.1) is 12.7 Å². The maximum atomic E-state index is 13.6. The largest absolute Gasteiger partial charge is 0.482 e. The molecule has 0 unspecified atom stereocenters. The van der Waals surface area contributed by atoms with Crippen molar-refractivity contribution in [2.24, 2.45) is 0 Å². The van der Waals surface area contributed by atoms with Crippen molar-refractivity contribution in [2.75, 3.05) is 11.9 Å². The molecule has 30 heavy (non-hydrogen) atoms. The van der Waals surface area contributed by atoms with Gasteiger partial charge < -0.3 is 13.9 Å². The number of nitrogens with zero attached hydrogens (tertiary/aromatic N) is 1. The van der Waals surface area contributed by atoms with Gasteiger partial charge in [-0.1, -0.05) is 29.5 Å². The molecule has 0 fully saturated rings. The minimum absolute atomic E-state index is 0.156. The Morgan fingerprint density at radius 2 is 2.07 bits per heavy atom. The molecular formula is C20H17FN2O6S. The van der Waals surface area contributed by atoms with Crippen molar-refractivity contribution in [1.29, 1.82) is 0 Å². The van der Waals surface area contributed by atoms with Gasteiger partial charge in [0.2, 0.25) is 11.2 Å². The zero-order valence-corrected chi connectivity index (χ0v) is 16.9. The molecule has 0 bridgehead atoms. The second kappa shape index (κ2) is 9.31. The van der Waals surface area contributed by atoms with Gasteiger partial charge in [-0.05, 0) is 19.9 Å². The number of aromatic nitrogens is 1. The van der Waals surface area contributed by atoms with Crippen LogP contribution in [0.15, 0.2) is 45.8 Å². The van der Waals surface area contributed by atoms with E-state index in [1.54, 1.807) is 26.0 Å². The molecule has 1 N–H and O–H groups in total. The van der Waals surface area contributed by atoms with Gasteiger partial charge in [0.15, 0.2) is 10.9 Å². The number of rotatable bonds is 7. The van der Waals surface area contributed by atoms with E-state index in [1.807, 2.05) is 0 Å². The molecule has 0 aliphatic carbocycles. The number of esters is 1. The number of carbonyl (C=O) groups excluding carboxylic acids is 2. The third kappa shape index (κ3) is 4.90. The average Bonchev–Trinajstić information content (AvgIpc) is 3.08. The summed E-state index contributed by atoms with van der Waals surface area (Å²) < 4.78 is 29.0. The summed E-state index contributed by atoms with van der Waals surface area (Å²) in [5.74, 6) is -2.15. The Hall–Kier alpha value is -3.53. The van der Waals surface area contributed by atoms with Crippen LogP contribution < -0.4 is 15.5 Å². The number of aryl methyl sites for hydroxylation is 1. The normalized spacial score (nSPS) is 10.5. The topological polar surface area (TPSA) is 108 Å². The lowest BCUT2D eigenvalue weighted by Crippen LogP contribution is -2.15. The Morgan fingerprint density at radius 1 is 1.30 bits per heavy atom. The van der Waals surface area contributed by atoms with Crippen LogP contribution in [-0.2, 0) is 11.3 Å². The van der Waals surface area contributed by atoms with E-state index < -0.39 is 23.1 Å². The number of thiazole rings is 1. The number of ether oxygens (including phenoxy) is 2. The summed E-state index contributed by atoms with van der Waals surface area (Å²) in [5.41, 5.74) is 0.0765. The van der Waals surface area contributed by atoms with Gasteiger partial charge in [0.25, 0.3) is 5.91 Å². The van der Waals surface area contributed by atoms with E-state index >= 15 is 0 Å². The lowest BCUT2D eigenvalue weighted by Gasteiger charge is -2.06. The molecule has 3 rings (SSSR count). The lowest BCUT2D eigenvalue weighted by atomic mass is 10.2. The van der Waals surface area contributed by atoms with Crippen LogP contribution in [0.25, 0.3) is 0 Å². The summed E-state index contributed by atoms with van der Waals surface area (Å²) in [6.45, 7) is 3.34. The van der Waals surface area contributed by atoms with E-state index in [0.29, 0.717) is 5.69 Å².